The summed E-state index contributed by atoms with van der Waals surface area (Å²) < 4.78 is 28.2. The van der Waals surface area contributed by atoms with Crippen LogP contribution in [0.2, 0.25) is 0 Å². The zero-order chi connectivity index (χ0) is 12.9. The molecule has 17 heavy (non-hydrogen) atoms. The van der Waals surface area contributed by atoms with Gasteiger partial charge in [0.1, 0.15) is 0 Å². The lowest BCUT2D eigenvalue weighted by Gasteiger charge is -2.26. The molecule has 0 aromatic rings. The van der Waals surface area contributed by atoms with Crippen LogP contribution in [0.1, 0.15) is 33.1 Å². The molecule has 1 fully saturated rings. The van der Waals surface area contributed by atoms with Gasteiger partial charge in [0.2, 0.25) is 0 Å². The molecule has 0 bridgehead atoms. The summed E-state index contributed by atoms with van der Waals surface area (Å²) in [6.45, 7) is 6.38. The van der Waals surface area contributed by atoms with E-state index in [1.165, 1.54) is 4.31 Å². The van der Waals surface area contributed by atoms with Crippen molar-refractivity contribution in [3.05, 3.63) is 0 Å². The summed E-state index contributed by atoms with van der Waals surface area (Å²) in [5, 5.41) is 3.29. The Morgan fingerprint density at radius 3 is 2.71 bits per heavy atom. The van der Waals surface area contributed by atoms with Crippen LogP contribution < -0.4 is 10.0 Å². The van der Waals surface area contributed by atoms with Crippen molar-refractivity contribution in [3.8, 4) is 0 Å². The highest BCUT2D eigenvalue weighted by Gasteiger charge is 2.26. The van der Waals surface area contributed by atoms with Crippen LogP contribution in [-0.4, -0.2) is 45.4 Å². The largest absolute Gasteiger partial charge is 0.317 e. The van der Waals surface area contributed by atoms with E-state index >= 15 is 0 Å². The van der Waals surface area contributed by atoms with Crippen molar-refractivity contribution < 1.29 is 8.42 Å². The average molecular weight is 263 g/mol. The Balaban J connectivity index is 2.56. The van der Waals surface area contributed by atoms with Crippen molar-refractivity contribution in [3.63, 3.8) is 0 Å². The van der Waals surface area contributed by atoms with Crippen LogP contribution in [0.25, 0.3) is 0 Å². The first-order chi connectivity index (χ1) is 7.93. The molecule has 1 saturated heterocycles. The number of hydrogen-bond acceptors (Lipinski definition) is 3. The summed E-state index contributed by atoms with van der Waals surface area (Å²) in [7, 11) is -1.64. The molecule has 6 heteroatoms. The van der Waals surface area contributed by atoms with Gasteiger partial charge in [-0.15, -0.1) is 0 Å². The Hall–Kier alpha value is -0.170. The highest BCUT2D eigenvalue weighted by atomic mass is 32.2. The lowest BCUT2D eigenvalue weighted by Crippen LogP contribution is -2.45. The molecule has 0 saturated carbocycles. The molecule has 102 valence electrons. The van der Waals surface area contributed by atoms with Crippen LogP contribution in [0.4, 0.5) is 0 Å². The Bertz CT molecular complexity index is 309. The maximum atomic E-state index is 12.0. The summed E-state index contributed by atoms with van der Waals surface area (Å²) in [5.41, 5.74) is 0. The van der Waals surface area contributed by atoms with E-state index in [1.54, 1.807) is 7.05 Å². The first-order valence-electron chi connectivity index (χ1n) is 6.37. The predicted molar refractivity (Wildman–Crippen MR) is 70.0 cm³/mol. The lowest BCUT2D eigenvalue weighted by molar-refractivity contribution is 0.335. The molecular formula is C11H25N3O2S. The second kappa shape index (κ2) is 6.68. The van der Waals surface area contributed by atoms with Crippen molar-refractivity contribution in [2.45, 2.75) is 39.2 Å². The standard InChI is InChI=1S/C11H25N3O2S/c1-10(2)9-13-17(15,16)14(3)11-5-4-7-12-8-6-11/h10-13H,4-9H2,1-3H3. The van der Waals surface area contributed by atoms with Gasteiger partial charge in [-0.1, -0.05) is 13.8 Å². The third-order valence-electron chi connectivity index (χ3n) is 3.11. The van der Waals surface area contributed by atoms with Crippen LogP contribution in [-0.2, 0) is 10.2 Å². The smallest absolute Gasteiger partial charge is 0.279 e. The topological polar surface area (TPSA) is 61.4 Å². The lowest BCUT2D eigenvalue weighted by atomic mass is 10.1. The van der Waals surface area contributed by atoms with Gasteiger partial charge in [0.25, 0.3) is 10.2 Å². The van der Waals surface area contributed by atoms with Crippen LogP contribution in [0, 0.1) is 5.92 Å². The molecule has 0 radical (unpaired) electrons. The van der Waals surface area contributed by atoms with Crippen molar-refractivity contribution in [2.75, 3.05) is 26.7 Å². The normalized spacial score (nSPS) is 23.0. The van der Waals surface area contributed by atoms with E-state index in [0.29, 0.717) is 12.5 Å². The molecule has 1 aliphatic heterocycles. The molecule has 1 atom stereocenters. The van der Waals surface area contributed by atoms with E-state index in [1.807, 2.05) is 13.8 Å². The fourth-order valence-electron chi connectivity index (χ4n) is 1.93. The van der Waals surface area contributed by atoms with Gasteiger partial charge in [-0.25, -0.2) is 4.72 Å². The third kappa shape index (κ3) is 4.91. The molecule has 1 rings (SSSR count). The number of rotatable bonds is 5. The summed E-state index contributed by atoms with van der Waals surface area (Å²) in [6, 6.07) is 0.120. The zero-order valence-corrected chi connectivity index (χ0v) is 11.9. The minimum absolute atomic E-state index is 0.120. The van der Waals surface area contributed by atoms with Crippen molar-refractivity contribution in [1.82, 2.24) is 14.3 Å². The van der Waals surface area contributed by atoms with E-state index < -0.39 is 10.2 Å². The molecule has 5 nitrogen and oxygen atoms in total. The van der Waals surface area contributed by atoms with Crippen LogP contribution in [0.3, 0.4) is 0 Å². The van der Waals surface area contributed by atoms with Crippen molar-refractivity contribution >= 4 is 10.2 Å². The van der Waals surface area contributed by atoms with Crippen LogP contribution in [0.15, 0.2) is 0 Å². The maximum absolute atomic E-state index is 12.0. The molecule has 0 spiro atoms. The van der Waals surface area contributed by atoms with Crippen LogP contribution >= 0.6 is 0 Å². The maximum Gasteiger partial charge on any atom is 0.279 e. The van der Waals surface area contributed by atoms with E-state index in [9.17, 15) is 8.42 Å². The van der Waals surface area contributed by atoms with Gasteiger partial charge in [-0.2, -0.15) is 12.7 Å². The molecule has 1 heterocycles. The van der Waals surface area contributed by atoms with Gasteiger partial charge >= 0.3 is 0 Å². The Kier molecular flexibility index (Phi) is 5.85. The molecule has 1 unspecified atom stereocenters. The monoisotopic (exact) mass is 263 g/mol. The molecule has 0 aromatic carbocycles. The highest BCUT2D eigenvalue weighted by molar-refractivity contribution is 7.87. The first-order valence-corrected chi connectivity index (χ1v) is 7.81. The van der Waals surface area contributed by atoms with E-state index in [4.69, 9.17) is 0 Å². The van der Waals surface area contributed by atoms with Gasteiger partial charge < -0.3 is 5.32 Å². The molecule has 2 N–H and O–H groups in total. The molecule has 1 aliphatic rings. The van der Waals surface area contributed by atoms with Gasteiger partial charge in [0.05, 0.1) is 0 Å². The highest BCUT2D eigenvalue weighted by Crippen LogP contribution is 2.14. The summed E-state index contributed by atoms with van der Waals surface area (Å²) >= 11 is 0. The third-order valence-corrected chi connectivity index (χ3v) is 4.70. The molecule has 0 amide bonds. The summed E-state index contributed by atoms with van der Waals surface area (Å²) in [4.78, 5) is 0. The quantitative estimate of drug-likeness (QED) is 0.761. The summed E-state index contributed by atoms with van der Waals surface area (Å²) in [6.07, 6.45) is 2.86. The van der Waals surface area contributed by atoms with Gasteiger partial charge in [-0.05, 0) is 38.3 Å². The minimum atomic E-state index is -3.32. The predicted octanol–water partition coefficient (Wildman–Crippen LogP) is 0.551. The molecular weight excluding hydrogens is 238 g/mol. The van der Waals surface area contributed by atoms with E-state index in [2.05, 4.69) is 10.0 Å². The fraction of sp³-hybridized carbons (Fsp3) is 1.00. The summed E-state index contributed by atoms with van der Waals surface area (Å²) in [5.74, 6) is 0.328. The van der Waals surface area contributed by atoms with Crippen molar-refractivity contribution in [2.24, 2.45) is 5.92 Å². The zero-order valence-electron chi connectivity index (χ0n) is 11.1. The Morgan fingerprint density at radius 2 is 2.06 bits per heavy atom. The molecule has 0 aromatic heterocycles. The van der Waals surface area contributed by atoms with Crippen LogP contribution in [0.5, 0.6) is 0 Å². The van der Waals surface area contributed by atoms with Crippen molar-refractivity contribution in [1.29, 1.82) is 0 Å². The number of nitrogens with zero attached hydrogens (tertiary/aromatic N) is 1. The SMILES string of the molecule is CC(C)CNS(=O)(=O)N(C)C1CCCNCC1. The first kappa shape index (κ1) is 14.9. The van der Waals surface area contributed by atoms with E-state index in [-0.39, 0.29) is 6.04 Å². The second-order valence-corrected chi connectivity index (χ2v) is 6.91. The van der Waals surface area contributed by atoms with E-state index in [0.717, 1.165) is 32.4 Å². The van der Waals surface area contributed by atoms with Gasteiger partial charge in [0.15, 0.2) is 0 Å². The Labute approximate surface area is 105 Å². The molecule has 0 aliphatic carbocycles. The van der Waals surface area contributed by atoms with Gasteiger partial charge in [-0.3, -0.25) is 0 Å². The average Bonchev–Trinajstić information content (AvgIpc) is 2.54. The second-order valence-electron chi connectivity index (χ2n) is 5.10. The minimum Gasteiger partial charge on any atom is -0.317 e. The Morgan fingerprint density at radius 1 is 1.35 bits per heavy atom. The fourth-order valence-corrected chi connectivity index (χ4v) is 3.29. The number of nitrogens with one attached hydrogen (secondary N) is 2. The van der Waals surface area contributed by atoms with Gasteiger partial charge in [0, 0.05) is 19.6 Å². The number of hydrogen-bond donors (Lipinski definition) is 2.